The van der Waals surface area contributed by atoms with Gasteiger partial charge in [0.05, 0.1) is 0 Å². The number of benzene rings is 1. The number of hydrogen-bond acceptors (Lipinski definition) is 3. The summed E-state index contributed by atoms with van der Waals surface area (Å²) in [6, 6.07) is 9.06. The van der Waals surface area contributed by atoms with Crippen LogP contribution in [-0.2, 0) is 0 Å². The molecule has 0 unspecified atom stereocenters. The number of likely N-dealkylation sites (tertiary alicyclic amines) is 1. The molecule has 2 aliphatic heterocycles. The summed E-state index contributed by atoms with van der Waals surface area (Å²) in [5.41, 5.74) is 7.96. The highest BCUT2D eigenvalue weighted by Crippen LogP contribution is 2.27. The van der Waals surface area contributed by atoms with Gasteiger partial charge in [-0.25, -0.2) is 0 Å². The van der Waals surface area contributed by atoms with Crippen molar-refractivity contribution in [2.24, 2.45) is 0 Å². The first-order valence-corrected chi connectivity index (χ1v) is 7.17. The number of anilines is 2. The van der Waals surface area contributed by atoms with Crippen molar-refractivity contribution in [1.29, 1.82) is 0 Å². The van der Waals surface area contributed by atoms with Gasteiger partial charge in [-0.2, -0.15) is 13.5 Å². The Hall–Kier alpha value is -0.870. The molecule has 4 heteroatoms. The van der Waals surface area contributed by atoms with Crippen molar-refractivity contribution in [3.63, 3.8) is 0 Å². The van der Waals surface area contributed by atoms with E-state index in [9.17, 15) is 0 Å². The Morgan fingerprint density at radius 3 is 2.37 bits per heavy atom. The van der Waals surface area contributed by atoms with Crippen LogP contribution in [0.5, 0.6) is 0 Å². The van der Waals surface area contributed by atoms with Crippen molar-refractivity contribution in [2.45, 2.75) is 31.7 Å². The highest BCUT2D eigenvalue weighted by molar-refractivity contribution is 7.59. The molecular formula is C15H25N3S. The molecule has 3 rings (SSSR count). The highest BCUT2D eigenvalue weighted by Gasteiger charge is 2.27. The zero-order valence-corrected chi connectivity index (χ0v) is 12.5. The Morgan fingerprint density at radius 1 is 1.00 bits per heavy atom. The number of nitrogen functional groups attached to an aromatic ring is 1. The largest absolute Gasteiger partial charge is 0.399 e. The van der Waals surface area contributed by atoms with Crippen LogP contribution in [-0.4, -0.2) is 37.1 Å². The first-order valence-electron chi connectivity index (χ1n) is 7.17. The molecule has 0 amide bonds. The molecule has 0 bridgehead atoms. The van der Waals surface area contributed by atoms with E-state index in [0.29, 0.717) is 6.04 Å². The van der Waals surface area contributed by atoms with Crippen LogP contribution in [0.15, 0.2) is 24.3 Å². The van der Waals surface area contributed by atoms with Gasteiger partial charge in [0.25, 0.3) is 0 Å². The van der Waals surface area contributed by atoms with Crippen molar-refractivity contribution in [3.05, 3.63) is 24.3 Å². The van der Waals surface area contributed by atoms with Crippen molar-refractivity contribution in [3.8, 4) is 0 Å². The number of rotatable bonds is 3. The maximum absolute atomic E-state index is 5.77. The summed E-state index contributed by atoms with van der Waals surface area (Å²) in [6.45, 7) is 5.03. The summed E-state index contributed by atoms with van der Waals surface area (Å²) in [4.78, 5) is 5.19. The minimum Gasteiger partial charge on any atom is -0.399 e. The molecule has 2 N–H and O–H groups in total. The van der Waals surface area contributed by atoms with E-state index in [1.165, 1.54) is 57.5 Å². The Morgan fingerprint density at radius 2 is 1.68 bits per heavy atom. The lowest BCUT2D eigenvalue weighted by Gasteiger charge is -2.30. The zero-order chi connectivity index (χ0) is 12.4. The Kier molecular flexibility index (Phi) is 4.99. The van der Waals surface area contributed by atoms with Gasteiger partial charge < -0.3 is 15.5 Å². The first kappa shape index (κ1) is 14.5. The van der Waals surface area contributed by atoms with Gasteiger partial charge in [-0.1, -0.05) is 0 Å². The van der Waals surface area contributed by atoms with Crippen LogP contribution in [0.3, 0.4) is 0 Å². The van der Waals surface area contributed by atoms with Gasteiger partial charge in [-0.15, -0.1) is 0 Å². The van der Waals surface area contributed by atoms with Crippen LogP contribution in [0.25, 0.3) is 0 Å². The zero-order valence-electron chi connectivity index (χ0n) is 11.5. The third kappa shape index (κ3) is 3.37. The lowest BCUT2D eigenvalue weighted by Crippen LogP contribution is -2.39. The van der Waals surface area contributed by atoms with E-state index in [0.717, 1.165) is 5.69 Å². The molecule has 2 fully saturated rings. The molecule has 2 heterocycles. The first-order chi connectivity index (χ1) is 8.83. The molecule has 19 heavy (non-hydrogen) atoms. The average Bonchev–Trinajstić information content (AvgIpc) is 3.02. The highest BCUT2D eigenvalue weighted by atomic mass is 32.1. The van der Waals surface area contributed by atoms with E-state index >= 15 is 0 Å². The minimum atomic E-state index is 0. The van der Waals surface area contributed by atoms with Gasteiger partial charge in [0.1, 0.15) is 0 Å². The molecule has 0 spiro atoms. The van der Waals surface area contributed by atoms with Crippen LogP contribution in [0.2, 0.25) is 0 Å². The van der Waals surface area contributed by atoms with E-state index in [4.69, 9.17) is 5.73 Å². The molecule has 1 aromatic rings. The van der Waals surface area contributed by atoms with E-state index in [-0.39, 0.29) is 13.5 Å². The quantitative estimate of drug-likeness (QED) is 0.863. The average molecular weight is 279 g/mol. The van der Waals surface area contributed by atoms with Crippen LogP contribution in [0.1, 0.15) is 25.7 Å². The maximum Gasteiger partial charge on any atom is 0.0417 e. The molecule has 0 radical (unpaired) electrons. The predicted octanol–water partition coefficient (Wildman–Crippen LogP) is 2.45. The molecule has 1 atom stereocenters. The Labute approximate surface area is 123 Å². The standard InChI is InChI=1S/C15H23N3.H2S/c16-13-5-7-14(8-6-13)18-11-3-4-15(18)12-17-9-1-2-10-17;/h5-8,15H,1-4,9-12,16H2;1H2/t15-;/m0./s1. The van der Waals surface area contributed by atoms with Crippen molar-refractivity contribution in [1.82, 2.24) is 4.90 Å². The fraction of sp³-hybridized carbons (Fsp3) is 0.600. The molecule has 1 aromatic carbocycles. The van der Waals surface area contributed by atoms with Gasteiger partial charge in [-0.05, 0) is 63.0 Å². The maximum atomic E-state index is 5.77. The second kappa shape index (κ2) is 6.53. The Bertz CT molecular complexity index is 387. The van der Waals surface area contributed by atoms with Gasteiger partial charge >= 0.3 is 0 Å². The minimum absolute atomic E-state index is 0. The fourth-order valence-corrected chi connectivity index (χ4v) is 3.29. The lowest BCUT2D eigenvalue weighted by molar-refractivity contribution is 0.314. The van der Waals surface area contributed by atoms with Gasteiger partial charge in [-0.3, -0.25) is 0 Å². The van der Waals surface area contributed by atoms with Crippen LogP contribution >= 0.6 is 13.5 Å². The predicted molar refractivity (Wildman–Crippen MR) is 87.3 cm³/mol. The molecule has 106 valence electrons. The second-order valence-corrected chi connectivity index (χ2v) is 5.59. The number of hydrogen-bond donors (Lipinski definition) is 1. The second-order valence-electron chi connectivity index (χ2n) is 5.59. The molecule has 0 saturated carbocycles. The summed E-state index contributed by atoms with van der Waals surface area (Å²) < 4.78 is 0. The monoisotopic (exact) mass is 279 g/mol. The molecule has 2 aliphatic rings. The third-order valence-corrected chi connectivity index (χ3v) is 4.27. The van der Waals surface area contributed by atoms with Crippen molar-refractivity contribution >= 4 is 24.9 Å². The van der Waals surface area contributed by atoms with Crippen LogP contribution in [0.4, 0.5) is 11.4 Å². The SMILES string of the molecule is Nc1ccc(N2CCC[C@H]2CN2CCCC2)cc1.S. The topological polar surface area (TPSA) is 32.5 Å². The van der Waals surface area contributed by atoms with Gasteiger partial charge in [0, 0.05) is 30.5 Å². The van der Waals surface area contributed by atoms with Crippen molar-refractivity contribution < 1.29 is 0 Å². The molecule has 0 aromatic heterocycles. The normalized spacial score (nSPS) is 23.6. The van der Waals surface area contributed by atoms with Gasteiger partial charge in [0.15, 0.2) is 0 Å². The molecule has 3 nitrogen and oxygen atoms in total. The van der Waals surface area contributed by atoms with E-state index in [1.807, 2.05) is 12.1 Å². The smallest absolute Gasteiger partial charge is 0.0417 e. The van der Waals surface area contributed by atoms with Gasteiger partial charge in [0.2, 0.25) is 0 Å². The van der Waals surface area contributed by atoms with Crippen molar-refractivity contribution in [2.75, 3.05) is 36.8 Å². The van der Waals surface area contributed by atoms with Crippen LogP contribution < -0.4 is 10.6 Å². The summed E-state index contributed by atoms with van der Waals surface area (Å²) in [6.07, 6.45) is 5.42. The van der Waals surface area contributed by atoms with E-state index in [1.54, 1.807) is 0 Å². The number of nitrogens with zero attached hydrogens (tertiary/aromatic N) is 2. The van der Waals surface area contributed by atoms with E-state index in [2.05, 4.69) is 21.9 Å². The number of nitrogens with two attached hydrogens (primary N) is 1. The molecule has 0 aliphatic carbocycles. The summed E-state index contributed by atoms with van der Waals surface area (Å²) in [7, 11) is 0. The van der Waals surface area contributed by atoms with Crippen LogP contribution in [0, 0.1) is 0 Å². The summed E-state index contributed by atoms with van der Waals surface area (Å²) in [5, 5.41) is 0. The van der Waals surface area contributed by atoms with E-state index < -0.39 is 0 Å². The third-order valence-electron chi connectivity index (χ3n) is 4.27. The molecular weight excluding hydrogens is 254 g/mol. The summed E-state index contributed by atoms with van der Waals surface area (Å²) >= 11 is 0. The molecule has 2 saturated heterocycles. The summed E-state index contributed by atoms with van der Waals surface area (Å²) in [5.74, 6) is 0. The fourth-order valence-electron chi connectivity index (χ4n) is 3.29. The Balaban J connectivity index is 0.00000133. The lowest BCUT2D eigenvalue weighted by atomic mass is 10.2.